The maximum absolute atomic E-state index is 5.32. The molecule has 7 nitrogen and oxygen atoms in total. The summed E-state index contributed by atoms with van der Waals surface area (Å²) >= 11 is 1.64. The third-order valence-corrected chi connectivity index (χ3v) is 5.56. The fourth-order valence-electron chi connectivity index (χ4n) is 2.87. The Labute approximate surface area is 173 Å². The molecule has 0 unspecified atom stereocenters. The zero-order valence-electron chi connectivity index (χ0n) is 16.0. The van der Waals surface area contributed by atoms with E-state index in [1.165, 1.54) is 0 Å². The van der Waals surface area contributed by atoms with E-state index < -0.39 is 0 Å². The van der Waals surface area contributed by atoms with Crippen LogP contribution in [0.1, 0.15) is 19.3 Å². The van der Waals surface area contributed by atoms with E-state index in [0.717, 1.165) is 40.6 Å². The van der Waals surface area contributed by atoms with E-state index in [1.54, 1.807) is 23.6 Å². The maximum atomic E-state index is 5.32. The molecule has 0 spiro atoms. The number of hydrogen-bond acceptors (Lipinski definition) is 7. The van der Waals surface area contributed by atoms with Gasteiger partial charge in [0.25, 0.3) is 0 Å². The van der Waals surface area contributed by atoms with Crippen molar-refractivity contribution in [3.63, 3.8) is 0 Å². The van der Waals surface area contributed by atoms with Crippen molar-refractivity contribution in [3.05, 3.63) is 48.7 Å². The molecule has 4 rings (SSSR count). The zero-order valence-corrected chi connectivity index (χ0v) is 16.8. The van der Waals surface area contributed by atoms with Crippen LogP contribution in [0.5, 0.6) is 5.75 Å². The minimum absolute atomic E-state index is 0.250. The summed E-state index contributed by atoms with van der Waals surface area (Å²) in [7, 11) is 1.65. The Morgan fingerprint density at radius 3 is 2.55 bits per heavy atom. The lowest BCUT2D eigenvalue weighted by Gasteiger charge is -2.07. The van der Waals surface area contributed by atoms with Crippen LogP contribution in [0.15, 0.2) is 63.9 Å². The molecule has 0 radical (unpaired) electrons. The first kappa shape index (κ1) is 19.2. The lowest BCUT2D eigenvalue weighted by Crippen LogP contribution is -2.11. The Morgan fingerprint density at radius 1 is 1.07 bits per heavy atom. The number of thioether (sulfide) groups is 1. The number of ether oxygens (including phenoxy) is 1. The maximum Gasteiger partial charge on any atom is 0.192 e. The molecule has 3 heterocycles. The van der Waals surface area contributed by atoms with E-state index in [9.17, 15) is 0 Å². The second-order valence-corrected chi connectivity index (χ2v) is 7.70. The number of rotatable bonds is 9. The van der Waals surface area contributed by atoms with Crippen molar-refractivity contribution >= 4 is 11.8 Å². The van der Waals surface area contributed by atoms with E-state index in [1.807, 2.05) is 48.7 Å². The second-order valence-electron chi connectivity index (χ2n) is 6.59. The summed E-state index contributed by atoms with van der Waals surface area (Å²) < 4.78 is 6.91. The lowest BCUT2D eigenvalue weighted by atomic mass is 10.1. The molecule has 0 saturated carbocycles. The fraction of sp³-hybridized carbons (Fsp3) is 0.286. The van der Waals surface area contributed by atoms with Gasteiger partial charge in [0.15, 0.2) is 11.5 Å². The van der Waals surface area contributed by atoms with Gasteiger partial charge < -0.3 is 4.74 Å². The van der Waals surface area contributed by atoms with Gasteiger partial charge in [-0.15, -0.1) is 34.3 Å². The number of aromatic nitrogens is 4. The van der Waals surface area contributed by atoms with Crippen LogP contribution in [-0.2, 0) is 0 Å². The van der Waals surface area contributed by atoms with E-state index in [2.05, 4.69) is 31.4 Å². The summed E-state index contributed by atoms with van der Waals surface area (Å²) in [4.78, 5) is 0. The number of benzene rings is 1. The molecule has 0 amide bonds. The standard InChI is InChI=1S/C21H20N6OS/c1-3-4-12-21(25-26-21)13-15-29-20-10-9-19(22-23-20)27-14-11-18(24-27)16-5-7-17(28-2)8-6-16/h1,5-11,14H,4,12-13,15H2,2H3. The van der Waals surface area contributed by atoms with Crippen LogP contribution in [0, 0.1) is 12.3 Å². The summed E-state index contributed by atoms with van der Waals surface area (Å²) in [6, 6.07) is 13.6. The van der Waals surface area contributed by atoms with E-state index in [0.29, 0.717) is 12.2 Å². The Kier molecular flexibility index (Phi) is 5.58. The molecule has 3 aromatic rings. The van der Waals surface area contributed by atoms with Gasteiger partial charge in [0, 0.05) is 36.8 Å². The van der Waals surface area contributed by atoms with Crippen LogP contribution < -0.4 is 4.74 Å². The first-order valence-electron chi connectivity index (χ1n) is 9.26. The van der Waals surface area contributed by atoms with Crippen LogP contribution >= 0.6 is 11.8 Å². The van der Waals surface area contributed by atoms with Gasteiger partial charge in [-0.3, -0.25) is 0 Å². The van der Waals surface area contributed by atoms with Crippen molar-refractivity contribution in [3.8, 4) is 35.2 Å². The molecule has 8 heteroatoms. The highest BCUT2D eigenvalue weighted by Gasteiger charge is 2.38. The average Bonchev–Trinajstić information content (AvgIpc) is 3.36. The number of nitrogens with zero attached hydrogens (tertiary/aromatic N) is 6. The van der Waals surface area contributed by atoms with Crippen molar-refractivity contribution in [2.75, 3.05) is 12.9 Å². The molecular formula is C21H20N6OS. The largest absolute Gasteiger partial charge is 0.497 e. The van der Waals surface area contributed by atoms with Gasteiger partial charge in [-0.1, -0.05) is 0 Å². The first-order chi connectivity index (χ1) is 14.2. The van der Waals surface area contributed by atoms with Gasteiger partial charge in [-0.05, 0) is 42.5 Å². The quantitative estimate of drug-likeness (QED) is 0.390. The van der Waals surface area contributed by atoms with Crippen LogP contribution in [0.4, 0.5) is 0 Å². The van der Waals surface area contributed by atoms with Crippen LogP contribution in [0.25, 0.3) is 17.1 Å². The molecule has 146 valence electrons. The summed E-state index contributed by atoms with van der Waals surface area (Å²) in [5.74, 6) is 5.01. The molecular weight excluding hydrogens is 384 g/mol. The molecule has 1 aromatic carbocycles. The second kappa shape index (κ2) is 8.45. The topological polar surface area (TPSA) is 77.5 Å². The summed E-state index contributed by atoms with van der Waals surface area (Å²) in [6.07, 6.45) is 9.59. The third-order valence-electron chi connectivity index (χ3n) is 4.64. The smallest absolute Gasteiger partial charge is 0.192 e. The van der Waals surface area contributed by atoms with Crippen molar-refractivity contribution in [1.29, 1.82) is 0 Å². The van der Waals surface area contributed by atoms with Crippen molar-refractivity contribution in [1.82, 2.24) is 20.0 Å². The lowest BCUT2D eigenvalue weighted by molar-refractivity contribution is 0.415. The number of terminal acetylenes is 1. The Balaban J connectivity index is 1.34. The monoisotopic (exact) mass is 404 g/mol. The first-order valence-corrected chi connectivity index (χ1v) is 10.2. The predicted molar refractivity (Wildman–Crippen MR) is 112 cm³/mol. The molecule has 29 heavy (non-hydrogen) atoms. The molecule has 1 aliphatic rings. The van der Waals surface area contributed by atoms with Crippen molar-refractivity contribution in [2.45, 2.75) is 30.0 Å². The highest BCUT2D eigenvalue weighted by molar-refractivity contribution is 7.99. The molecule has 0 fully saturated rings. The highest BCUT2D eigenvalue weighted by Crippen LogP contribution is 2.38. The number of methoxy groups -OCH3 is 1. The fourth-order valence-corrected chi connectivity index (χ4v) is 3.77. The minimum atomic E-state index is -0.250. The third kappa shape index (κ3) is 4.63. The molecule has 0 N–H and O–H groups in total. The number of hydrogen-bond donors (Lipinski definition) is 0. The zero-order chi connectivity index (χ0) is 20.1. The molecule has 0 bridgehead atoms. The Bertz CT molecular complexity index is 1030. The van der Waals surface area contributed by atoms with E-state index >= 15 is 0 Å². The van der Waals surface area contributed by atoms with Gasteiger partial charge >= 0.3 is 0 Å². The van der Waals surface area contributed by atoms with Crippen molar-refractivity contribution in [2.24, 2.45) is 10.2 Å². The molecule has 0 aliphatic carbocycles. The van der Waals surface area contributed by atoms with Gasteiger partial charge in [-0.25, -0.2) is 4.68 Å². The molecule has 0 atom stereocenters. The molecule has 1 aliphatic heterocycles. The van der Waals surface area contributed by atoms with E-state index in [4.69, 9.17) is 11.2 Å². The van der Waals surface area contributed by atoms with Crippen LogP contribution in [0.3, 0.4) is 0 Å². The van der Waals surface area contributed by atoms with E-state index in [-0.39, 0.29) is 5.66 Å². The SMILES string of the molecule is C#CCCC1(CCSc2ccc(-n3ccc(-c4ccc(OC)cc4)n3)nn2)N=N1. The highest BCUT2D eigenvalue weighted by atomic mass is 32.2. The van der Waals surface area contributed by atoms with Crippen LogP contribution in [0.2, 0.25) is 0 Å². The Morgan fingerprint density at radius 2 is 1.90 bits per heavy atom. The van der Waals surface area contributed by atoms with Gasteiger partial charge in [0.1, 0.15) is 10.8 Å². The Hall–Kier alpha value is -3.18. The summed E-state index contributed by atoms with van der Waals surface area (Å²) in [5, 5.41) is 22.4. The summed E-state index contributed by atoms with van der Waals surface area (Å²) in [5.41, 5.74) is 1.63. The van der Waals surface area contributed by atoms with Crippen LogP contribution in [-0.4, -0.2) is 38.5 Å². The van der Waals surface area contributed by atoms with Crippen molar-refractivity contribution < 1.29 is 4.74 Å². The summed E-state index contributed by atoms with van der Waals surface area (Å²) in [6.45, 7) is 0. The minimum Gasteiger partial charge on any atom is -0.497 e. The predicted octanol–water partition coefficient (Wildman–Crippen LogP) is 4.40. The van der Waals surface area contributed by atoms with Gasteiger partial charge in [0.05, 0.1) is 12.8 Å². The van der Waals surface area contributed by atoms with Gasteiger partial charge in [0.2, 0.25) is 0 Å². The van der Waals surface area contributed by atoms with Gasteiger partial charge in [-0.2, -0.15) is 15.3 Å². The normalized spacial score (nSPS) is 13.8. The molecule has 0 saturated heterocycles. The molecule has 2 aromatic heterocycles. The average molecular weight is 404 g/mol.